The average Bonchev–Trinajstić information content (AvgIpc) is 3.36. The van der Waals surface area contributed by atoms with Gasteiger partial charge in [0.25, 0.3) is 0 Å². The predicted octanol–water partition coefficient (Wildman–Crippen LogP) is 2.03. The highest BCUT2D eigenvalue weighted by Gasteiger charge is 2.30. The molecule has 1 aromatic carbocycles. The number of guanidine groups is 1. The van der Waals surface area contributed by atoms with Gasteiger partial charge in [0.2, 0.25) is 0 Å². The van der Waals surface area contributed by atoms with E-state index in [2.05, 4.69) is 20.5 Å². The highest BCUT2D eigenvalue weighted by Crippen LogP contribution is 2.26. The molecule has 0 radical (unpaired) electrons. The third-order valence-corrected chi connectivity index (χ3v) is 7.43. The van der Waals surface area contributed by atoms with Crippen LogP contribution >= 0.6 is 0 Å². The number of rotatable bonds is 7. The number of aliphatic imine (C=N–C) groups is 1. The van der Waals surface area contributed by atoms with Gasteiger partial charge in [-0.1, -0.05) is 31.0 Å². The molecule has 1 heterocycles. The minimum absolute atomic E-state index is 0.139. The minimum Gasteiger partial charge on any atom is -0.356 e. The first-order valence-electron chi connectivity index (χ1n) is 10.1. The van der Waals surface area contributed by atoms with E-state index in [1.807, 2.05) is 6.07 Å². The largest absolute Gasteiger partial charge is 0.356 e. The van der Waals surface area contributed by atoms with E-state index in [-0.39, 0.29) is 5.75 Å². The van der Waals surface area contributed by atoms with E-state index < -0.39 is 9.84 Å². The number of nitrogens with one attached hydrogen (secondary N) is 2. The quantitative estimate of drug-likeness (QED) is 0.422. The summed E-state index contributed by atoms with van der Waals surface area (Å²) in [5.74, 6) is 0.908. The van der Waals surface area contributed by atoms with Gasteiger partial charge in [-0.15, -0.1) is 0 Å². The maximum atomic E-state index is 12.3. The maximum absolute atomic E-state index is 12.3. The summed E-state index contributed by atoms with van der Waals surface area (Å²) < 4.78 is 24.6. The van der Waals surface area contributed by atoms with Gasteiger partial charge in [-0.3, -0.25) is 9.89 Å². The SMILES string of the molecule is CN=C(NCCCS(=O)(=O)c1ccccc1)NC1CCN(C2CCCC2)C1. The second-order valence-corrected chi connectivity index (χ2v) is 9.66. The summed E-state index contributed by atoms with van der Waals surface area (Å²) in [6, 6.07) is 9.84. The van der Waals surface area contributed by atoms with E-state index >= 15 is 0 Å². The van der Waals surface area contributed by atoms with Crippen LogP contribution < -0.4 is 10.6 Å². The Morgan fingerprint density at radius 1 is 1.19 bits per heavy atom. The lowest BCUT2D eigenvalue weighted by molar-refractivity contribution is 0.242. The second kappa shape index (κ2) is 9.55. The Morgan fingerprint density at radius 3 is 2.63 bits per heavy atom. The van der Waals surface area contributed by atoms with E-state index in [9.17, 15) is 8.42 Å². The van der Waals surface area contributed by atoms with Gasteiger partial charge in [0.05, 0.1) is 10.6 Å². The molecule has 1 unspecified atom stereocenters. The molecule has 0 amide bonds. The van der Waals surface area contributed by atoms with Crippen LogP contribution in [-0.2, 0) is 9.84 Å². The van der Waals surface area contributed by atoms with Crippen molar-refractivity contribution in [2.45, 2.75) is 55.5 Å². The van der Waals surface area contributed by atoms with E-state index in [1.165, 1.54) is 25.7 Å². The topological polar surface area (TPSA) is 73.8 Å². The van der Waals surface area contributed by atoms with Crippen LogP contribution in [0.2, 0.25) is 0 Å². The van der Waals surface area contributed by atoms with Crippen molar-refractivity contribution in [2.24, 2.45) is 4.99 Å². The molecule has 6 nitrogen and oxygen atoms in total. The fourth-order valence-corrected chi connectivity index (χ4v) is 5.44. The van der Waals surface area contributed by atoms with E-state index in [0.29, 0.717) is 23.9 Å². The smallest absolute Gasteiger partial charge is 0.191 e. The average molecular weight is 393 g/mol. The van der Waals surface area contributed by atoms with Crippen LogP contribution in [0.5, 0.6) is 0 Å². The number of hydrogen-bond donors (Lipinski definition) is 2. The minimum atomic E-state index is -3.21. The molecule has 1 atom stereocenters. The summed E-state index contributed by atoms with van der Waals surface area (Å²) in [7, 11) is -1.45. The summed E-state index contributed by atoms with van der Waals surface area (Å²) in [6.07, 6.45) is 7.12. The molecule has 0 aromatic heterocycles. The van der Waals surface area contributed by atoms with E-state index in [4.69, 9.17) is 0 Å². The molecule has 2 N–H and O–H groups in total. The van der Waals surface area contributed by atoms with Crippen LogP contribution in [0.25, 0.3) is 0 Å². The second-order valence-electron chi connectivity index (χ2n) is 7.55. The molecule has 1 aromatic rings. The van der Waals surface area contributed by atoms with Crippen molar-refractivity contribution in [3.63, 3.8) is 0 Å². The van der Waals surface area contributed by atoms with Crippen molar-refractivity contribution in [1.82, 2.24) is 15.5 Å². The monoisotopic (exact) mass is 392 g/mol. The van der Waals surface area contributed by atoms with Gasteiger partial charge in [0.15, 0.2) is 15.8 Å². The van der Waals surface area contributed by atoms with Crippen molar-refractivity contribution in [2.75, 3.05) is 32.4 Å². The van der Waals surface area contributed by atoms with Gasteiger partial charge in [-0.2, -0.15) is 0 Å². The molecule has 1 saturated carbocycles. The van der Waals surface area contributed by atoms with Crippen LogP contribution in [0.3, 0.4) is 0 Å². The van der Waals surface area contributed by atoms with E-state index in [0.717, 1.165) is 31.5 Å². The zero-order valence-electron chi connectivity index (χ0n) is 16.2. The molecule has 7 heteroatoms. The molecule has 150 valence electrons. The normalized spacial score (nSPS) is 22.3. The standard InChI is InChI=1S/C20H32N4O2S/c1-21-20(23-17-12-14-24(16-17)18-8-5-6-9-18)22-13-7-15-27(25,26)19-10-3-2-4-11-19/h2-4,10-11,17-18H,5-9,12-16H2,1H3,(H2,21,22,23). The number of sulfone groups is 1. The van der Waals surface area contributed by atoms with Gasteiger partial charge in [-0.25, -0.2) is 8.42 Å². The lowest BCUT2D eigenvalue weighted by Gasteiger charge is -2.24. The Kier molecular flexibility index (Phi) is 7.13. The molecule has 2 fully saturated rings. The molecule has 0 spiro atoms. The summed E-state index contributed by atoms with van der Waals surface area (Å²) in [6.45, 7) is 2.83. The summed E-state index contributed by atoms with van der Waals surface area (Å²) in [4.78, 5) is 7.30. The van der Waals surface area contributed by atoms with Gasteiger partial charge >= 0.3 is 0 Å². The van der Waals surface area contributed by atoms with Gasteiger partial charge in [0.1, 0.15) is 0 Å². The molecule has 1 aliphatic heterocycles. The highest BCUT2D eigenvalue weighted by atomic mass is 32.2. The molecular weight excluding hydrogens is 360 g/mol. The van der Waals surface area contributed by atoms with Crippen LogP contribution in [0.15, 0.2) is 40.2 Å². The Hall–Kier alpha value is -1.60. The summed E-state index contributed by atoms with van der Waals surface area (Å²) >= 11 is 0. The lowest BCUT2D eigenvalue weighted by Crippen LogP contribution is -2.45. The van der Waals surface area contributed by atoms with Gasteiger partial charge in [-0.05, 0) is 37.8 Å². The number of nitrogens with zero attached hydrogens (tertiary/aromatic N) is 2. The molecule has 27 heavy (non-hydrogen) atoms. The van der Waals surface area contributed by atoms with Crippen molar-refractivity contribution in [3.05, 3.63) is 30.3 Å². The molecule has 1 aliphatic carbocycles. The first-order chi connectivity index (χ1) is 13.1. The van der Waals surface area contributed by atoms with Crippen LogP contribution in [-0.4, -0.2) is 63.8 Å². The zero-order valence-corrected chi connectivity index (χ0v) is 17.0. The van der Waals surface area contributed by atoms with Crippen LogP contribution in [0.4, 0.5) is 0 Å². The Morgan fingerprint density at radius 2 is 1.93 bits per heavy atom. The fourth-order valence-electron chi connectivity index (χ4n) is 4.11. The molecule has 3 rings (SSSR count). The van der Waals surface area contributed by atoms with Gasteiger partial charge in [0, 0.05) is 38.8 Å². The zero-order chi connectivity index (χ0) is 19.1. The molecule has 2 aliphatic rings. The predicted molar refractivity (Wildman–Crippen MR) is 110 cm³/mol. The third-order valence-electron chi connectivity index (χ3n) is 5.61. The Labute approximate surface area is 163 Å². The van der Waals surface area contributed by atoms with Crippen molar-refractivity contribution in [1.29, 1.82) is 0 Å². The third kappa shape index (κ3) is 5.69. The highest BCUT2D eigenvalue weighted by molar-refractivity contribution is 7.91. The molecule has 0 bridgehead atoms. The molecular formula is C20H32N4O2S. The lowest BCUT2D eigenvalue weighted by atomic mass is 10.2. The van der Waals surface area contributed by atoms with Gasteiger partial charge < -0.3 is 10.6 Å². The first kappa shape index (κ1) is 20.1. The Balaban J connectivity index is 1.38. The van der Waals surface area contributed by atoms with E-state index in [1.54, 1.807) is 31.3 Å². The number of likely N-dealkylation sites (tertiary alicyclic amines) is 1. The van der Waals surface area contributed by atoms with Crippen molar-refractivity contribution in [3.8, 4) is 0 Å². The molecule has 1 saturated heterocycles. The van der Waals surface area contributed by atoms with Crippen molar-refractivity contribution >= 4 is 15.8 Å². The van der Waals surface area contributed by atoms with Crippen molar-refractivity contribution < 1.29 is 8.42 Å². The summed E-state index contributed by atoms with van der Waals surface area (Å²) in [5.41, 5.74) is 0. The number of benzene rings is 1. The van der Waals surface area contributed by atoms with Crippen LogP contribution in [0.1, 0.15) is 38.5 Å². The maximum Gasteiger partial charge on any atom is 0.191 e. The van der Waals surface area contributed by atoms with Crippen LogP contribution in [0, 0.1) is 0 Å². The summed E-state index contributed by atoms with van der Waals surface area (Å²) in [5, 5.41) is 6.76. The number of hydrogen-bond acceptors (Lipinski definition) is 4. The Bertz CT molecular complexity index is 715. The fraction of sp³-hybridized carbons (Fsp3) is 0.650. The first-order valence-corrected chi connectivity index (χ1v) is 11.7.